The van der Waals surface area contributed by atoms with Crippen molar-refractivity contribution in [3.05, 3.63) is 29.8 Å². The van der Waals surface area contributed by atoms with Crippen molar-refractivity contribution in [2.75, 3.05) is 33.9 Å². The second kappa shape index (κ2) is 8.61. The van der Waals surface area contributed by atoms with Crippen LogP contribution >= 0.6 is 0 Å². The van der Waals surface area contributed by atoms with E-state index in [2.05, 4.69) is 11.8 Å². The van der Waals surface area contributed by atoms with Gasteiger partial charge in [-0.3, -0.25) is 9.63 Å². The van der Waals surface area contributed by atoms with Crippen molar-refractivity contribution in [2.24, 2.45) is 5.92 Å². The monoisotopic (exact) mass is 384 g/mol. The summed E-state index contributed by atoms with van der Waals surface area (Å²) in [6.45, 7) is 3.18. The minimum atomic E-state index is -3.78. The third kappa shape index (κ3) is 4.80. The number of ether oxygens (including phenoxy) is 1. The molecule has 0 spiro atoms. The standard InChI is InChI=1S/C17H24N2O6S/c1-13-8-10-19(11-9-13)16(20)12-25-17(21)14-4-6-15(7-5-14)26(22,23)18(2)24-3/h4-7,13H,8-12H2,1-3H3. The third-order valence-electron chi connectivity index (χ3n) is 4.45. The van der Waals surface area contributed by atoms with E-state index in [-0.39, 0.29) is 23.0 Å². The summed E-state index contributed by atoms with van der Waals surface area (Å²) < 4.78 is 30.0. The summed E-state index contributed by atoms with van der Waals surface area (Å²) in [6, 6.07) is 5.25. The van der Waals surface area contributed by atoms with E-state index >= 15 is 0 Å². The van der Waals surface area contributed by atoms with Gasteiger partial charge >= 0.3 is 5.97 Å². The third-order valence-corrected chi connectivity index (χ3v) is 6.14. The van der Waals surface area contributed by atoms with Gasteiger partial charge in [0.05, 0.1) is 17.6 Å². The molecular formula is C17H24N2O6S. The van der Waals surface area contributed by atoms with Crippen LogP contribution in [0.25, 0.3) is 0 Å². The summed E-state index contributed by atoms with van der Waals surface area (Å²) in [5, 5.41) is 0. The highest BCUT2D eigenvalue weighted by Crippen LogP contribution is 2.17. The second-order valence-corrected chi connectivity index (χ2v) is 8.20. The van der Waals surface area contributed by atoms with Crippen LogP contribution in [0.4, 0.5) is 0 Å². The average Bonchev–Trinajstić information content (AvgIpc) is 2.65. The molecule has 1 amide bonds. The van der Waals surface area contributed by atoms with E-state index in [1.807, 2.05) is 0 Å². The van der Waals surface area contributed by atoms with E-state index in [4.69, 9.17) is 4.74 Å². The van der Waals surface area contributed by atoms with Crippen LogP contribution in [0.5, 0.6) is 0 Å². The lowest BCUT2D eigenvalue weighted by atomic mass is 9.99. The first-order valence-corrected chi connectivity index (χ1v) is 9.77. The van der Waals surface area contributed by atoms with E-state index in [0.29, 0.717) is 19.0 Å². The molecule has 0 aromatic heterocycles. The zero-order valence-corrected chi connectivity index (χ0v) is 16.0. The molecule has 26 heavy (non-hydrogen) atoms. The number of likely N-dealkylation sites (tertiary alicyclic amines) is 1. The molecular weight excluding hydrogens is 360 g/mol. The van der Waals surface area contributed by atoms with Crippen molar-refractivity contribution in [3.8, 4) is 0 Å². The molecule has 2 rings (SSSR count). The summed E-state index contributed by atoms with van der Waals surface area (Å²) in [6.07, 6.45) is 1.90. The highest BCUT2D eigenvalue weighted by Gasteiger charge is 2.23. The number of benzene rings is 1. The number of rotatable bonds is 6. The van der Waals surface area contributed by atoms with Gasteiger partial charge in [-0.2, -0.15) is 0 Å². The smallest absolute Gasteiger partial charge is 0.338 e. The van der Waals surface area contributed by atoms with E-state index in [9.17, 15) is 18.0 Å². The Morgan fingerprint density at radius 2 is 1.77 bits per heavy atom. The number of carbonyl (C=O) groups is 2. The van der Waals surface area contributed by atoms with Crippen molar-refractivity contribution in [2.45, 2.75) is 24.7 Å². The Morgan fingerprint density at radius 1 is 1.19 bits per heavy atom. The van der Waals surface area contributed by atoms with Crippen molar-refractivity contribution >= 4 is 21.9 Å². The lowest BCUT2D eigenvalue weighted by Crippen LogP contribution is -2.40. The lowest BCUT2D eigenvalue weighted by Gasteiger charge is -2.30. The van der Waals surface area contributed by atoms with E-state index in [1.54, 1.807) is 4.90 Å². The summed E-state index contributed by atoms with van der Waals surface area (Å²) in [4.78, 5) is 30.5. The predicted octanol–water partition coefficient (Wildman–Crippen LogP) is 1.28. The van der Waals surface area contributed by atoms with Gasteiger partial charge in [-0.25, -0.2) is 13.2 Å². The minimum Gasteiger partial charge on any atom is -0.452 e. The Bertz CT molecular complexity index is 739. The van der Waals surface area contributed by atoms with Crippen molar-refractivity contribution in [1.29, 1.82) is 0 Å². The number of piperidine rings is 1. The minimum absolute atomic E-state index is 0.0167. The summed E-state index contributed by atoms with van der Waals surface area (Å²) in [5.74, 6) is -0.285. The molecule has 0 aliphatic carbocycles. The van der Waals surface area contributed by atoms with Gasteiger partial charge in [0.25, 0.3) is 15.9 Å². The van der Waals surface area contributed by atoms with Crippen molar-refractivity contribution < 1.29 is 27.6 Å². The fourth-order valence-corrected chi connectivity index (χ4v) is 3.54. The fraction of sp³-hybridized carbons (Fsp3) is 0.529. The SMILES string of the molecule is CON(C)S(=O)(=O)c1ccc(C(=O)OCC(=O)N2CCC(C)CC2)cc1. The Morgan fingerprint density at radius 3 is 2.31 bits per heavy atom. The molecule has 1 fully saturated rings. The van der Waals surface area contributed by atoms with Crippen LogP contribution in [0.3, 0.4) is 0 Å². The van der Waals surface area contributed by atoms with Crippen molar-refractivity contribution in [3.63, 3.8) is 0 Å². The number of hydrogen-bond donors (Lipinski definition) is 0. The van der Waals surface area contributed by atoms with Gasteiger partial charge in [-0.1, -0.05) is 11.4 Å². The molecule has 1 heterocycles. The first-order chi connectivity index (χ1) is 12.3. The Hall–Kier alpha value is -1.97. The van der Waals surface area contributed by atoms with Crippen LogP contribution in [0.15, 0.2) is 29.2 Å². The molecule has 8 nitrogen and oxygen atoms in total. The quantitative estimate of drug-likeness (QED) is 0.542. The topological polar surface area (TPSA) is 93.2 Å². The van der Waals surface area contributed by atoms with E-state index in [1.165, 1.54) is 38.4 Å². The lowest BCUT2D eigenvalue weighted by molar-refractivity contribution is -0.135. The number of amides is 1. The van der Waals surface area contributed by atoms with Crippen LogP contribution < -0.4 is 0 Å². The zero-order chi connectivity index (χ0) is 19.3. The highest BCUT2D eigenvalue weighted by atomic mass is 32.2. The van der Waals surface area contributed by atoms with E-state index < -0.39 is 16.0 Å². The number of sulfonamides is 1. The molecule has 0 saturated carbocycles. The first kappa shape index (κ1) is 20.3. The summed E-state index contributed by atoms with van der Waals surface area (Å²) in [5.41, 5.74) is 0.170. The highest BCUT2D eigenvalue weighted by molar-refractivity contribution is 7.89. The molecule has 0 unspecified atom stereocenters. The van der Waals surface area contributed by atoms with Crippen LogP contribution in [-0.4, -0.2) is 63.5 Å². The molecule has 144 valence electrons. The molecule has 1 aliphatic heterocycles. The number of hydroxylamine groups is 1. The number of nitrogens with zero attached hydrogens (tertiary/aromatic N) is 2. The molecule has 9 heteroatoms. The largest absolute Gasteiger partial charge is 0.452 e. The van der Waals surface area contributed by atoms with Gasteiger partial charge in [0.1, 0.15) is 0 Å². The van der Waals surface area contributed by atoms with Crippen LogP contribution in [0.2, 0.25) is 0 Å². The number of carbonyl (C=O) groups excluding carboxylic acids is 2. The van der Waals surface area contributed by atoms with Gasteiger partial charge in [-0.05, 0) is 43.0 Å². The molecule has 1 aromatic rings. The van der Waals surface area contributed by atoms with Crippen molar-refractivity contribution in [1.82, 2.24) is 9.37 Å². The number of esters is 1. The molecule has 0 atom stereocenters. The maximum Gasteiger partial charge on any atom is 0.338 e. The second-order valence-electron chi connectivity index (χ2n) is 6.26. The maximum absolute atomic E-state index is 12.1. The fourth-order valence-electron chi connectivity index (χ4n) is 2.57. The molecule has 0 bridgehead atoms. The maximum atomic E-state index is 12.1. The summed E-state index contributed by atoms with van der Waals surface area (Å²) in [7, 11) is -1.27. The van der Waals surface area contributed by atoms with Crippen LogP contribution in [-0.2, 0) is 24.4 Å². The van der Waals surface area contributed by atoms with Gasteiger partial charge in [-0.15, -0.1) is 0 Å². The number of hydrogen-bond acceptors (Lipinski definition) is 6. The van der Waals surface area contributed by atoms with Crippen LogP contribution in [0.1, 0.15) is 30.1 Å². The van der Waals surface area contributed by atoms with Gasteiger partial charge in [0.2, 0.25) is 0 Å². The van der Waals surface area contributed by atoms with Gasteiger partial charge < -0.3 is 9.64 Å². The van der Waals surface area contributed by atoms with Crippen LogP contribution in [0, 0.1) is 5.92 Å². The molecule has 0 N–H and O–H groups in total. The first-order valence-electron chi connectivity index (χ1n) is 8.33. The predicted molar refractivity (Wildman–Crippen MR) is 93.7 cm³/mol. The summed E-state index contributed by atoms with van der Waals surface area (Å²) >= 11 is 0. The molecule has 1 aromatic carbocycles. The Balaban J connectivity index is 1.93. The molecule has 1 saturated heterocycles. The molecule has 0 radical (unpaired) electrons. The van der Waals surface area contributed by atoms with E-state index in [0.717, 1.165) is 17.3 Å². The Kier molecular flexibility index (Phi) is 6.74. The normalized spacial score (nSPS) is 15.9. The average molecular weight is 384 g/mol. The van der Waals surface area contributed by atoms with Gasteiger partial charge in [0, 0.05) is 20.1 Å². The molecule has 1 aliphatic rings. The van der Waals surface area contributed by atoms with Gasteiger partial charge in [0.15, 0.2) is 6.61 Å². The zero-order valence-electron chi connectivity index (χ0n) is 15.2. The Labute approximate surface area is 153 Å².